The van der Waals surface area contributed by atoms with Crippen LogP contribution in [-0.4, -0.2) is 21.4 Å². The summed E-state index contributed by atoms with van der Waals surface area (Å²) >= 11 is 0. The zero-order valence-corrected chi connectivity index (χ0v) is 15.3. The third-order valence-electron chi connectivity index (χ3n) is 2.46. The molecule has 2 aromatic carbocycles. The van der Waals surface area contributed by atoms with Crippen LogP contribution in [0.15, 0.2) is 69.3 Å². The topological polar surface area (TPSA) is 91.3 Å². The van der Waals surface area contributed by atoms with Crippen molar-refractivity contribution in [3.8, 4) is 0 Å². The molecule has 0 bridgehead atoms. The molecule has 20 heavy (non-hydrogen) atoms. The molecule has 5 nitrogen and oxygen atoms in total. The van der Waals surface area contributed by atoms with Gasteiger partial charge in [-0.05, 0) is 24.3 Å². The summed E-state index contributed by atoms with van der Waals surface area (Å²) in [5, 5.41) is 0. The van der Waals surface area contributed by atoms with Gasteiger partial charge in [-0.1, -0.05) is 30.3 Å². The van der Waals surface area contributed by atoms with Crippen LogP contribution in [0.5, 0.6) is 0 Å². The average molecular weight is 336 g/mol. The van der Waals surface area contributed by atoms with E-state index in [0.29, 0.717) is 0 Å². The van der Waals surface area contributed by atoms with Gasteiger partial charge in [0.2, 0.25) is 9.84 Å². The SMILES string of the molecule is O=S(=O)([O-])c1ccccc1S(=O)(=O)c1ccccc1.[K+]. The van der Waals surface area contributed by atoms with E-state index in [1.807, 2.05) is 0 Å². The molecule has 0 amide bonds. The molecule has 8 heteroatoms. The molecule has 0 atom stereocenters. The molecule has 0 heterocycles. The maximum Gasteiger partial charge on any atom is 1.00 e. The molecule has 0 aliphatic rings. The first kappa shape index (κ1) is 18.0. The Bertz CT molecular complexity index is 799. The monoisotopic (exact) mass is 336 g/mol. The number of sulfone groups is 1. The number of hydrogen-bond acceptors (Lipinski definition) is 5. The van der Waals surface area contributed by atoms with E-state index in [4.69, 9.17) is 0 Å². The minimum absolute atomic E-state index is 0. The molecular weight excluding hydrogens is 327 g/mol. The van der Waals surface area contributed by atoms with Gasteiger partial charge in [-0.25, -0.2) is 16.8 Å². The van der Waals surface area contributed by atoms with Gasteiger partial charge in [-0.2, -0.15) is 0 Å². The van der Waals surface area contributed by atoms with Gasteiger partial charge in [0.25, 0.3) is 0 Å². The molecule has 0 unspecified atom stereocenters. The first-order valence-electron chi connectivity index (χ1n) is 5.18. The molecule has 2 aromatic rings. The Balaban J connectivity index is 0.00000200. The molecule has 0 aromatic heterocycles. The van der Waals surface area contributed by atoms with E-state index >= 15 is 0 Å². The summed E-state index contributed by atoms with van der Waals surface area (Å²) in [5.74, 6) is 0. The van der Waals surface area contributed by atoms with Crippen LogP contribution >= 0.6 is 0 Å². The van der Waals surface area contributed by atoms with E-state index in [1.54, 1.807) is 6.07 Å². The fraction of sp³-hybridized carbons (Fsp3) is 0. The fourth-order valence-corrected chi connectivity index (χ4v) is 4.16. The van der Waals surface area contributed by atoms with E-state index in [1.165, 1.54) is 36.4 Å². The van der Waals surface area contributed by atoms with Crippen LogP contribution in [0.3, 0.4) is 0 Å². The molecule has 100 valence electrons. The van der Waals surface area contributed by atoms with Gasteiger partial charge in [-0.15, -0.1) is 0 Å². The van der Waals surface area contributed by atoms with Gasteiger partial charge in [-0.3, -0.25) is 0 Å². The summed E-state index contributed by atoms with van der Waals surface area (Å²) < 4.78 is 57.9. The molecule has 0 aliphatic carbocycles. The molecule has 0 spiro atoms. The Hall–Kier alpha value is -0.0636. The Labute approximate surface area is 160 Å². The van der Waals surface area contributed by atoms with Crippen LogP contribution in [0.1, 0.15) is 0 Å². The van der Waals surface area contributed by atoms with E-state index in [0.717, 1.165) is 12.1 Å². The number of rotatable bonds is 3. The largest absolute Gasteiger partial charge is 1.00 e. The molecule has 2 rings (SSSR count). The van der Waals surface area contributed by atoms with Crippen LogP contribution in [-0.2, 0) is 20.0 Å². The van der Waals surface area contributed by atoms with Gasteiger partial charge < -0.3 is 4.55 Å². The van der Waals surface area contributed by atoms with Crippen molar-refractivity contribution in [3.63, 3.8) is 0 Å². The molecule has 0 saturated heterocycles. The Morgan fingerprint density at radius 1 is 0.700 bits per heavy atom. The van der Waals surface area contributed by atoms with E-state index < -0.39 is 29.7 Å². The molecule has 0 saturated carbocycles. The predicted octanol–water partition coefficient (Wildman–Crippen LogP) is -1.57. The number of hydrogen-bond donors (Lipinski definition) is 0. The molecule has 0 fully saturated rings. The van der Waals surface area contributed by atoms with E-state index in [2.05, 4.69) is 0 Å². The summed E-state index contributed by atoms with van der Waals surface area (Å²) in [4.78, 5) is -1.30. The fourth-order valence-electron chi connectivity index (χ4n) is 1.61. The normalized spacial score (nSPS) is 11.7. The van der Waals surface area contributed by atoms with Gasteiger partial charge >= 0.3 is 51.4 Å². The maximum absolute atomic E-state index is 12.3. The van der Waals surface area contributed by atoms with Gasteiger partial charge in [0.1, 0.15) is 10.1 Å². The average Bonchev–Trinajstić information content (AvgIpc) is 2.39. The third-order valence-corrected chi connectivity index (χ3v) is 5.31. The second-order valence-electron chi connectivity index (χ2n) is 3.72. The van der Waals surface area contributed by atoms with Gasteiger partial charge in [0, 0.05) is 0 Å². The van der Waals surface area contributed by atoms with Crippen LogP contribution in [0.25, 0.3) is 0 Å². The number of benzene rings is 2. The second-order valence-corrected chi connectivity index (χ2v) is 6.98. The Morgan fingerprint density at radius 2 is 1.15 bits per heavy atom. The molecule has 0 radical (unpaired) electrons. The van der Waals surface area contributed by atoms with Crippen molar-refractivity contribution in [3.05, 3.63) is 54.6 Å². The minimum atomic E-state index is -4.85. The zero-order valence-electron chi connectivity index (χ0n) is 10.6. The van der Waals surface area contributed by atoms with Crippen molar-refractivity contribution in [1.29, 1.82) is 0 Å². The molecular formula is C12H9KO5S2. The van der Waals surface area contributed by atoms with Crippen molar-refractivity contribution in [2.75, 3.05) is 0 Å². The van der Waals surface area contributed by atoms with Crippen LogP contribution < -0.4 is 51.4 Å². The third kappa shape index (κ3) is 3.77. The van der Waals surface area contributed by atoms with Gasteiger partial charge in [0.05, 0.1) is 14.7 Å². The first-order chi connectivity index (χ1) is 8.83. The van der Waals surface area contributed by atoms with Crippen molar-refractivity contribution in [1.82, 2.24) is 0 Å². The summed E-state index contributed by atoms with van der Waals surface area (Å²) in [5.41, 5.74) is 0. The summed E-state index contributed by atoms with van der Waals surface area (Å²) in [6.45, 7) is 0. The van der Waals surface area contributed by atoms with Crippen LogP contribution in [0, 0.1) is 0 Å². The molecule has 0 aliphatic heterocycles. The summed E-state index contributed by atoms with van der Waals surface area (Å²) in [6.07, 6.45) is 0. The Kier molecular flexibility index (Phi) is 6.11. The summed E-state index contributed by atoms with van der Waals surface area (Å²) in [7, 11) is -8.89. The predicted molar refractivity (Wildman–Crippen MR) is 66.3 cm³/mol. The Morgan fingerprint density at radius 3 is 1.65 bits per heavy atom. The summed E-state index contributed by atoms with van der Waals surface area (Å²) in [6, 6.07) is 12.1. The molecule has 0 N–H and O–H groups in total. The quantitative estimate of drug-likeness (QED) is 0.499. The smallest absolute Gasteiger partial charge is 0.744 e. The zero-order chi connectivity index (χ0) is 14.1. The van der Waals surface area contributed by atoms with Crippen molar-refractivity contribution in [2.45, 2.75) is 14.7 Å². The second kappa shape index (κ2) is 6.80. The van der Waals surface area contributed by atoms with Crippen LogP contribution in [0.4, 0.5) is 0 Å². The van der Waals surface area contributed by atoms with E-state index in [-0.39, 0.29) is 56.3 Å². The first-order valence-corrected chi connectivity index (χ1v) is 8.08. The standard InChI is InChI=1S/C12H10O5S2.K/c13-18(14,10-6-2-1-3-7-10)11-8-4-5-9-12(11)19(15,16)17;/h1-9H,(H,15,16,17);/q;+1/p-1. The van der Waals surface area contributed by atoms with Crippen molar-refractivity contribution < 1.29 is 72.8 Å². The van der Waals surface area contributed by atoms with E-state index in [9.17, 15) is 21.4 Å². The van der Waals surface area contributed by atoms with Gasteiger partial charge in [0.15, 0.2) is 0 Å². The van der Waals surface area contributed by atoms with Crippen molar-refractivity contribution >= 4 is 20.0 Å². The minimum Gasteiger partial charge on any atom is -0.744 e. The maximum atomic E-state index is 12.3. The van der Waals surface area contributed by atoms with Crippen molar-refractivity contribution in [2.24, 2.45) is 0 Å². The van der Waals surface area contributed by atoms with Crippen LogP contribution in [0.2, 0.25) is 0 Å².